The van der Waals surface area contributed by atoms with Crippen LogP contribution in [0.25, 0.3) is 22.6 Å². The molecule has 0 saturated carbocycles. The number of aliphatic hydroxyl groups is 1. The average molecular weight is 317 g/mol. The zero-order valence-corrected chi connectivity index (χ0v) is 13.4. The highest BCUT2D eigenvalue weighted by Gasteiger charge is 2.22. The van der Waals surface area contributed by atoms with E-state index >= 15 is 0 Å². The summed E-state index contributed by atoms with van der Waals surface area (Å²) in [6, 6.07) is 18.4. The third-order valence-corrected chi connectivity index (χ3v) is 4.36. The van der Waals surface area contributed by atoms with Crippen LogP contribution in [0.5, 0.6) is 0 Å². The van der Waals surface area contributed by atoms with Crippen molar-refractivity contribution >= 4 is 5.82 Å². The molecule has 1 aliphatic rings. The quantitative estimate of drug-likeness (QED) is 0.775. The van der Waals surface area contributed by atoms with Gasteiger partial charge in [0.05, 0.1) is 12.3 Å². The van der Waals surface area contributed by atoms with Crippen molar-refractivity contribution in [2.45, 2.75) is 12.8 Å². The minimum atomic E-state index is 0.0794. The lowest BCUT2D eigenvalue weighted by Gasteiger charge is -2.22. The van der Waals surface area contributed by atoms with Gasteiger partial charge in [-0.15, -0.1) is 0 Å². The summed E-state index contributed by atoms with van der Waals surface area (Å²) in [6.07, 6.45) is 1.90. The van der Waals surface area contributed by atoms with E-state index in [4.69, 9.17) is 15.1 Å². The van der Waals surface area contributed by atoms with E-state index in [9.17, 15) is 0 Å². The maximum Gasteiger partial charge on any atom is 0.162 e. The zero-order chi connectivity index (χ0) is 16.4. The third-order valence-electron chi connectivity index (χ3n) is 4.36. The van der Waals surface area contributed by atoms with E-state index in [2.05, 4.69) is 29.6 Å². The smallest absolute Gasteiger partial charge is 0.162 e. The Kier molecular flexibility index (Phi) is 3.97. The van der Waals surface area contributed by atoms with E-state index in [-0.39, 0.29) is 6.61 Å². The van der Waals surface area contributed by atoms with Crippen LogP contribution >= 0.6 is 0 Å². The number of hydrogen-bond donors (Lipinski definition) is 2. The first kappa shape index (κ1) is 14.8. The molecule has 0 saturated heterocycles. The average Bonchev–Trinajstić information content (AvgIpc) is 2.66. The van der Waals surface area contributed by atoms with Gasteiger partial charge < -0.3 is 10.4 Å². The van der Waals surface area contributed by atoms with Gasteiger partial charge in [-0.2, -0.15) is 0 Å². The van der Waals surface area contributed by atoms with Gasteiger partial charge in [0.15, 0.2) is 5.82 Å². The van der Waals surface area contributed by atoms with Crippen molar-refractivity contribution in [2.75, 3.05) is 18.5 Å². The minimum Gasteiger partial charge on any atom is -0.395 e. The Morgan fingerprint density at radius 2 is 1.71 bits per heavy atom. The van der Waals surface area contributed by atoms with Crippen molar-refractivity contribution in [1.29, 1.82) is 0 Å². The topological polar surface area (TPSA) is 58.0 Å². The number of nitrogens with zero attached hydrogens (tertiary/aromatic N) is 2. The maximum absolute atomic E-state index is 9.17. The molecular formula is C20H19N3O. The summed E-state index contributed by atoms with van der Waals surface area (Å²) in [5.74, 6) is 1.55. The van der Waals surface area contributed by atoms with Crippen LogP contribution in [0.1, 0.15) is 11.1 Å². The van der Waals surface area contributed by atoms with Gasteiger partial charge in [-0.05, 0) is 18.4 Å². The van der Waals surface area contributed by atoms with Gasteiger partial charge in [0.2, 0.25) is 0 Å². The summed E-state index contributed by atoms with van der Waals surface area (Å²) in [7, 11) is 0. The fourth-order valence-electron chi connectivity index (χ4n) is 3.21. The van der Waals surface area contributed by atoms with Gasteiger partial charge in [0, 0.05) is 23.2 Å². The Balaban J connectivity index is 1.90. The van der Waals surface area contributed by atoms with E-state index < -0.39 is 0 Å². The molecule has 4 rings (SSSR count). The van der Waals surface area contributed by atoms with Crippen molar-refractivity contribution in [3.8, 4) is 22.6 Å². The Hall–Kier alpha value is -2.72. The molecule has 1 heterocycles. The Labute approximate surface area is 141 Å². The van der Waals surface area contributed by atoms with Crippen LogP contribution in [0.15, 0.2) is 54.6 Å². The van der Waals surface area contributed by atoms with Crippen molar-refractivity contribution in [3.05, 3.63) is 65.7 Å². The first-order valence-corrected chi connectivity index (χ1v) is 8.26. The molecule has 4 nitrogen and oxygen atoms in total. The van der Waals surface area contributed by atoms with Crippen molar-refractivity contribution in [3.63, 3.8) is 0 Å². The largest absolute Gasteiger partial charge is 0.395 e. The lowest BCUT2D eigenvalue weighted by Crippen LogP contribution is -2.15. The van der Waals surface area contributed by atoms with Crippen LogP contribution in [0.2, 0.25) is 0 Å². The highest BCUT2D eigenvalue weighted by atomic mass is 16.3. The molecular weight excluding hydrogens is 298 g/mol. The summed E-state index contributed by atoms with van der Waals surface area (Å²) >= 11 is 0. The first-order chi connectivity index (χ1) is 11.9. The van der Waals surface area contributed by atoms with Gasteiger partial charge in [-0.1, -0.05) is 54.6 Å². The number of rotatable bonds is 4. The summed E-state index contributed by atoms with van der Waals surface area (Å²) in [5, 5.41) is 12.4. The Morgan fingerprint density at radius 3 is 2.54 bits per heavy atom. The second-order valence-electron chi connectivity index (χ2n) is 5.90. The molecule has 120 valence electrons. The van der Waals surface area contributed by atoms with E-state index in [1.807, 2.05) is 30.3 Å². The summed E-state index contributed by atoms with van der Waals surface area (Å²) in [6.45, 7) is 0.565. The number of aliphatic hydroxyl groups excluding tert-OH is 1. The van der Waals surface area contributed by atoms with Gasteiger partial charge in [0.25, 0.3) is 0 Å². The highest BCUT2D eigenvalue weighted by Crippen LogP contribution is 2.36. The van der Waals surface area contributed by atoms with E-state index in [1.54, 1.807) is 0 Å². The number of anilines is 1. The van der Waals surface area contributed by atoms with Crippen LogP contribution in [-0.2, 0) is 12.8 Å². The molecule has 2 N–H and O–H groups in total. The van der Waals surface area contributed by atoms with Crippen LogP contribution in [0.4, 0.5) is 5.82 Å². The van der Waals surface area contributed by atoms with Gasteiger partial charge >= 0.3 is 0 Å². The van der Waals surface area contributed by atoms with Crippen LogP contribution < -0.4 is 5.32 Å². The normalized spacial score (nSPS) is 12.4. The van der Waals surface area contributed by atoms with Gasteiger partial charge in [-0.3, -0.25) is 0 Å². The lowest BCUT2D eigenvalue weighted by molar-refractivity contribution is 0.311. The minimum absolute atomic E-state index is 0.0794. The summed E-state index contributed by atoms with van der Waals surface area (Å²) < 4.78 is 0. The number of hydrogen-bond acceptors (Lipinski definition) is 4. The van der Waals surface area contributed by atoms with Gasteiger partial charge in [-0.25, -0.2) is 9.97 Å². The van der Waals surface area contributed by atoms with Crippen molar-refractivity contribution < 1.29 is 5.11 Å². The predicted molar refractivity (Wildman–Crippen MR) is 95.9 cm³/mol. The molecule has 0 aliphatic heterocycles. The molecule has 0 spiro atoms. The Bertz CT molecular complexity index is 862. The van der Waals surface area contributed by atoms with Gasteiger partial charge in [0.1, 0.15) is 5.82 Å². The summed E-state index contributed by atoms with van der Waals surface area (Å²) in [5.41, 5.74) is 5.66. The highest BCUT2D eigenvalue weighted by molar-refractivity contribution is 5.76. The van der Waals surface area contributed by atoms with Crippen LogP contribution in [-0.4, -0.2) is 28.2 Å². The molecule has 0 bridgehead atoms. The first-order valence-electron chi connectivity index (χ1n) is 8.26. The standard InChI is InChI=1S/C20H19N3O/c24-13-12-21-20-17-11-10-14-6-4-5-9-16(14)18(17)22-19(23-20)15-7-2-1-3-8-15/h1-9,24H,10-13H2,(H,21,22,23). The number of fused-ring (bicyclic) bond motifs is 3. The van der Waals surface area contributed by atoms with E-state index in [0.29, 0.717) is 12.4 Å². The van der Waals surface area contributed by atoms with Crippen molar-refractivity contribution in [2.24, 2.45) is 0 Å². The molecule has 0 unspecified atom stereocenters. The number of benzene rings is 2. The number of aromatic nitrogens is 2. The number of nitrogens with one attached hydrogen (secondary N) is 1. The molecule has 0 fully saturated rings. The zero-order valence-electron chi connectivity index (χ0n) is 13.4. The molecule has 0 amide bonds. The second kappa shape index (κ2) is 6.42. The van der Waals surface area contributed by atoms with Crippen molar-refractivity contribution in [1.82, 2.24) is 9.97 Å². The van der Waals surface area contributed by atoms with E-state index in [0.717, 1.165) is 35.5 Å². The fourth-order valence-corrected chi connectivity index (χ4v) is 3.21. The second-order valence-corrected chi connectivity index (χ2v) is 5.90. The molecule has 1 aliphatic carbocycles. The third kappa shape index (κ3) is 2.65. The Morgan fingerprint density at radius 1 is 0.917 bits per heavy atom. The monoisotopic (exact) mass is 317 g/mol. The maximum atomic E-state index is 9.17. The number of aryl methyl sites for hydroxylation is 1. The summed E-state index contributed by atoms with van der Waals surface area (Å²) in [4.78, 5) is 9.61. The van der Waals surface area contributed by atoms with E-state index in [1.165, 1.54) is 11.1 Å². The molecule has 1 aromatic heterocycles. The lowest BCUT2D eigenvalue weighted by atomic mass is 9.89. The molecule has 0 radical (unpaired) electrons. The molecule has 2 aromatic carbocycles. The predicted octanol–water partition coefficient (Wildman–Crippen LogP) is 3.31. The molecule has 0 atom stereocenters. The molecule has 4 heteroatoms. The van der Waals surface area contributed by atoms with Crippen LogP contribution in [0, 0.1) is 0 Å². The molecule has 24 heavy (non-hydrogen) atoms. The molecule has 3 aromatic rings. The SMILES string of the molecule is OCCNc1nc(-c2ccccc2)nc2c1CCc1ccccc1-2. The fraction of sp³-hybridized carbons (Fsp3) is 0.200. The van der Waals surface area contributed by atoms with Crippen LogP contribution in [0.3, 0.4) is 0 Å².